The van der Waals surface area contributed by atoms with Gasteiger partial charge in [-0.15, -0.1) is 0 Å². The second-order valence-corrected chi connectivity index (χ2v) is 6.33. The van der Waals surface area contributed by atoms with Gasteiger partial charge >= 0.3 is 0 Å². The van der Waals surface area contributed by atoms with Crippen molar-refractivity contribution in [2.75, 3.05) is 6.54 Å². The molecule has 6 heteroatoms. The standard InChI is InChI=1S/C15H24N2O3S/c1-11(2)9-13-5-3-12(4-6-13)7-8-15(18)14(16)10-17-21(19)20/h3-6,11,14,17H,7-10,16H2,1-2H3,(H,19,20)/p-1. The van der Waals surface area contributed by atoms with Gasteiger partial charge in [-0.25, -0.2) is 4.72 Å². The molecule has 1 aromatic rings. The molecule has 0 saturated carbocycles. The fourth-order valence-corrected chi connectivity index (χ4v) is 2.35. The van der Waals surface area contributed by atoms with Crippen molar-refractivity contribution in [3.05, 3.63) is 35.4 Å². The Morgan fingerprint density at radius 2 is 1.86 bits per heavy atom. The summed E-state index contributed by atoms with van der Waals surface area (Å²) in [6.45, 7) is 4.30. The molecule has 0 aliphatic carbocycles. The van der Waals surface area contributed by atoms with Gasteiger partial charge in [0.05, 0.1) is 6.04 Å². The molecule has 0 saturated heterocycles. The van der Waals surface area contributed by atoms with E-state index >= 15 is 0 Å². The summed E-state index contributed by atoms with van der Waals surface area (Å²) in [5.41, 5.74) is 8.00. The van der Waals surface area contributed by atoms with Crippen molar-refractivity contribution in [3.8, 4) is 0 Å². The number of nitrogens with one attached hydrogen (secondary N) is 1. The summed E-state index contributed by atoms with van der Waals surface area (Å²) in [7, 11) is 0. The van der Waals surface area contributed by atoms with E-state index in [1.165, 1.54) is 5.56 Å². The zero-order chi connectivity index (χ0) is 15.8. The number of aryl methyl sites for hydroxylation is 1. The first-order chi connectivity index (χ1) is 9.88. The molecule has 0 heterocycles. The lowest BCUT2D eigenvalue weighted by molar-refractivity contribution is -0.120. The first-order valence-electron chi connectivity index (χ1n) is 7.07. The van der Waals surface area contributed by atoms with Gasteiger partial charge < -0.3 is 10.3 Å². The molecule has 2 unspecified atom stereocenters. The summed E-state index contributed by atoms with van der Waals surface area (Å²) in [6, 6.07) is 7.44. The molecule has 3 N–H and O–H groups in total. The summed E-state index contributed by atoms with van der Waals surface area (Å²) in [6.07, 6.45) is 1.98. The van der Waals surface area contributed by atoms with Gasteiger partial charge in [0.2, 0.25) is 0 Å². The fourth-order valence-electron chi connectivity index (χ4n) is 2.04. The molecular formula is C15H23N2O3S-. The van der Waals surface area contributed by atoms with Crippen molar-refractivity contribution >= 4 is 17.0 Å². The molecule has 2 atom stereocenters. The van der Waals surface area contributed by atoms with Crippen molar-refractivity contribution in [1.29, 1.82) is 0 Å². The monoisotopic (exact) mass is 311 g/mol. The molecule has 0 aliphatic rings. The maximum Gasteiger partial charge on any atom is 0.151 e. The van der Waals surface area contributed by atoms with Crippen LogP contribution in [-0.4, -0.2) is 27.1 Å². The van der Waals surface area contributed by atoms with Gasteiger partial charge in [0.25, 0.3) is 0 Å². The van der Waals surface area contributed by atoms with E-state index in [4.69, 9.17) is 5.73 Å². The molecule has 1 rings (SSSR count). The van der Waals surface area contributed by atoms with E-state index in [0.29, 0.717) is 18.8 Å². The summed E-state index contributed by atoms with van der Waals surface area (Å²) < 4.78 is 22.8. The highest BCUT2D eigenvalue weighted by Gasteiger charge is 2.13. The van der Waals surface area contributed by atoms with Crippen LogP contribution in [0.2, 0.25) is 0 Å². The lowest BCUT2D eigenvalue weighted by atomic mass is 9.99. The van der Waals surface area contributed by atoms with E-state index in [1.54, 1.807) is 0 Å². The third-order valence-corrected chi connectivity index (χ3v) is 3.56. The summed E-state index contributed by atoms with van der Waals surface area (Å²) in [5.74, 6) is 0.480. The molecule has 0 aliphatic heterocycles. The molecule has 0 bridgehead atoms. The van der Waals surface area contributed by atoms with Crippen LogP contribution in [0, 0.1) is 5.92 Å². The van der Waals surface area contributed by atoms with Crippen LogP contribution in [0.5, 0.6) is 0 Å². The van der Waals surface area contributed by atoms with Gasteiger partial charge in [-0.2, -0.15) is 0 Å². The largest absolute Gasteiger partial charge is 0.760 e. The molecule has 118 valence electrons. The first-order valence-corrected chi connectivity index (χ1v) is 8.15. The second-order valence-electron chi connectivity index (χ2n) is 5.57. The van der Waals surface area contributed by atoms with Gasteiger partial charge in [0, 0.05) is 24.2 Å². The maximum atomic E-state index is 11.8. The number of Topliss-reactive ketones (excluding diaryl/α,β-unsaturated/α-hetero) is 1. The Bertz CT molecular complexity index is 474. The van der Waals surface area contributed by atoms with E-state index in [0.717, 1.165) is 12.0 Å². The van der Waals surface area contributed by atoms with Crippen LogP contribution in [0.15, 0.2) is 24.3 Å². The smallest absolute Gasteiger partial charge is 0.151 e. The number of hydrogen-bond donors (Lipinski definition) is 2. The zero-order valence-electron chi connectivity index (χ0n) is 12.5. The Labute approximate surface area is 128 Å². The Balaban J connectivity index is 2.40. The van der Waals surface area contributed by atoms with E-state index in [-0.39, 0.29) is 12.3 Å². The summed E-state index contributed by atoms with van der Waals surface area (Å²) >= 11 is -2.38. The minimum Gasteiger partial charge on any atom is -0.760 e. The number of ketones is 1. The molecule has 21 heavy (non-hydrogen) atoms. The predicted molar refractivity (Wildman–Crippen MR) is 83.2 cm³/mol. The molecular weight excluding hydrogens is 288 g/mol. The molecule has 0 fully saturated rings. The maximum absolute atomic E-state index is 11.8. The van der Waals surface area contributed by atoms with E-state index < -0.39 is 17.3 Å². The third-order valence-electron chi connectivity index (χ3n) is 3.16. The third kappa shape index (κ3) is 7.47. The van der Waals surface area contributed by atoms with Gasteiger partial charge in [-0.05, 0) is 29.9 Å². The average molecular weight is 311 g/mol. The Hall–Kier alpha value is -1.08. The Morgan fingerprint density at radius 1 is 1.29 bits per heavy atom. The number of hydrogen-bond acceptors (Lipinski definition) is 4. The quantitative estimate of drug-likeness (QED) is 0.668. The first kappa shape index (κ1) is 18.0. The average Bonchev–Trinajstić information content (AvgIpc) is 2.43. The molecule has 1 aromatic carbocycles. The Morgan fingerprint density at radius 3 is 2.38 bits per heavy atom. The molecule has 0 amide bonds. The number of carbonyl (C=O) groups is 1. The highest BCUT2D eigenvalue weighted by molar-refractivity contribution is 7.77. The van der Waals surface area contributed by atoms with Crippen LogP contribution >= 0.6 is 0 Å². The molecule has 0 aromatic heterocycles. The fraction of sp³-hybridized carbons (Fsp3) is 0.533. The molecule has 5 nitrogen and oxygen atoms in total. The minimum atomic E-state index is -2.38. The van der Waals surface area contributed by atoms with Crippen molar-refractivity contribution in [1.82, 2.24) is 4.72 Å². The van der Waals surface area contributed by atoms with Crippen LogP contribution < -0.4 is 10.5 Å². The van der Waals surface area contributed by atoms with Gasteiger partial charge in [0.15, 0.2) is 5.78 Å². The lowest BCUT2D eigenvalue weighted by Gasteiger charge is -2.13. The van der Waals surface area contributed by atoms with Crippen LogP contribution in [-0.2, 0) is 28.9 Å². The summed E-state index contributed by atoms with van der Waals surface area (Å²) in [5, 5.41) is 0. The van der Waals surface area contributed by atoms with Gasteiger partial charge in [-0.3, -0.25) is 9.00 Å². The van der Waals surface area contributed by atoms with E-state index in [1.807, 2.05) is 12.1 Å². The van der Waals surface area contributed by atoms with Crippen LogP contribution in [0.4, 0.5) is 0 Å². The van der Waals surface area contributed by atoms with Gasteiger partial charge in [-0.1, -0.05) is 38.1 Å². The Kier molecular flexibility index (Phi) is 7.74. The molecule has 0 spiro atoms. The SMILES string of the molecule is CC(C)Cc1ccc(CCC(=O)C(N)CNS(=O)[O-])cc1. The lowest BCUT2D eigenvalue weighted by Crippen LogP contribution is -2.41. The van der Waals surface area contributed by atoms with Crippen molar-refractivity contribution in [2.24, 2.45) is 11.7 Å². The van der Waals surface area contributed by atoms with Crippen molar-refractivity contribution in [2.45, 2.75) is 39.2 Å². The normalized spacial score (nSPS) is 14.1. The second kappa shape index (κ2) is 9.04. The van der Waals surface area contributed by atoms with Gasteiger partial charge in [0.1, 0.15) is 0 Å². The summed E-state index contributed by atoms with van der Waals surface area (Å²) in [4.78, 5) is 11.8. The number of nitrogens with two attached hydrogens (primary N) is 1. The van der Waals surface area contributed by atoms with Crippen LogP contribution in [0.25, 0.3) is 0 Å². The number of benzene rings is 1. The van der Waals surface area contributed by atoms with Crippen LogP contribution in [0.3, 0.4) is 0 Å². The van der Waals surface area contributed by atoms with E-state index in [9.17, 15) is 13.6 Å². The van der Waals surface area contributed by atoms with Crippen molar-refractivity contribution in [3.63, 3.8) is 0 Å². The molecule has 0 radical (unpaired) electrons. The van der Waals surface area contributed by atoms with Crippen LogP contribution in [0.1, 0.15) is 31.4 Å². The number of rotatable bonds is 9. The zero-order valence-corrected chi connectivity index (χ0v) is 13.3. The topological polar surface area (TPSA) is 95.2 Å². The number of carbonyl (C=O) groups excluding carboxylic acids is 1. The van der Waals surface area contributed by atoms with Crippen molar-refractivity contribution < 1.29 is 13.6 Å². The highest BCUT2D eigenvalue weighted by atomic mass is 32.2. The minimum absolute atomic E-state index is 0.0533. The highest BCUT2D eigenvalue weighted by Crippen LogP contribution is 2.11. The van der Waals surface area contributed by atoms with E-state index in [2.05, 4.69) is 30.7 Å². The predicted octanol–water partition coefficient (Wildman–Crippen LogP) is 1.10.